The predicted molar refractivity (Wildman–Crippen MR) is 53.8 cm³/mol. The molecule has 1 rings (SSSR count). The third-order valence-electron chi connectivity index (χ3n) is 2.15. The van der Waals surface area contributed by atoms with Gasteiger partial charge in [-0.05, 0) is 49.7 Å². The van der Waals surface area contributed by atoms with Crippen LogP contribution in [0.4, 0.5) is 0 Å². The number of hydrogen-bond donors (Lipinski definition) is 0. The van der Waals surface area contributed by atoms with E-state index >= 15 is 0 Å². The summed E-state index contributed by atoms with van der Waals surface area (Å²) in [6.45, 7) is 4.51. The van der Waals surface area contributed by atoms with E-state index in [2.05, 4.69) is 32.1 Å². The van der Waals surface area contributed by atoms with Crippen LogP contribution >= 0.6 is 0 Å². The van der Waals surface area contributed by atoms with Gasteiger partial charge in [0.2, 0.25) is 0 Å². The number of allylic oxidation sites excluding steroid dienone is 4. The first-order chi connectivity index (χ1) is 5.79. The molecule has 0 saturated heterocycles. The van der Waals surface area contributed by atoms with Crippen LogP contribution in [0.5, 0.6) is 0 Å². The summed E-state index contributed by atoms with van der Waals surface area (Å²) in [6.07, 6.45) is 14.3. The minimum absolute atomic E-state index is 0.783. The summed E-state index contributed by atoms with van der Waals surface area (Å²) in [6, 6.07) is 0. The van der Waals surface area contributed by atoms with Gasteiger partial charge < -0.3 is 0 Å². The molecular formula is C12H19. The molecule has 0 amide bonds. The highest BCUT2D eigenvalue weighted by Crippen LogP contribution is 2.17. The summed E-state index contributed by atoms with van der Waals surface area (Å²) >= 11 is 0. The molecule has 0 N–H and O–H groups in total. The van der Waals surface area contributed by atoms with Crippen molar-refractivity contribution in [1.29, 1.82) is 0 Å². The quantitative estimate of drug-likeness (QED) is 0.592. The second kappa shape index (κ2) is 5.18. The van der Waals surface area contributed by atoms with E-state index in [0.29, 0.717) is 0 Å². The Bertz CT molecular complexity index is 172. The van der Waals surface area contributed by atoms with Crippen molar-refractivity contribution in [1.82, 2.24) is 0 Å². The van der Waals surface area contributed by atoms with Crippen LogP contribution in [0, 0.1) is 12.0 Å². The first-order valence-electron chi connectivity index (χ1n) is 5.05. The zero-order valence-corrected chi connectivity index (χ0v) is 8.27. The van der Waals surface area contributed by atoms with Crippen LogP contribution in [0.1, 0.15) is 46.0 Å². The van der Waals surface area contributed by atoms with Gasteiger partial charge in [-0.3, -0.25) is 0 Å². The normalized spacial score (nSPS) is 18.8. The van der Waals surface area contributed by atoms with E-state index < -0.39 is 0 Å². The Balaban J connectivity index is 2.29. The van der Waals surface area contributed by atoms with E-state index in [-0.39, 0.29) is 0 Å². The third kappa shape index (κ3) is 3.75. The maximum atomic E-state index is 3.42. The molecule has 0 nitrogen and oxygen atoms in total. The standard InChI is InChI=1S/C12H19/c1-11(2)7-6-10-12-8-4-3-5-9-12/h6,10-11H,3-5,7-8H2,1-2H3. The fourth-order valence-corrected chi connectivity index (χ4v) is 1.40. The Morgan fingerprint density at radius 1 is 1.42 bits per heavy atom. The highest BCUT2D eigenvalue weighted by molar-refractivity contribution is 5.16. The smallest absolute Gasteiger partial charge is 0.0273 e. The summed E-state index contributed by atoms with van der Waals surface area (Å²) in [5, 5.41) is 0. The average molecular weight is 163 g/mol. The van der Waals surface area contributed by atoms with Gasteiger partial charge in [0.15, 0.2) is 0 Å². The predicted octanol–water partition coefficient (Wildman–Crippen LogP) is 3.89. The minimum Gasteiger partial charge on any atom is -0.0840 e. The van der Waals surface area contributed by atoms with Crippen molar-refractivity contribution in [2.24, 2.45) is 5.92 Å². The van der Waals surface area contributed by atoms with Crippen molar-refractivity contribution in [3.8, 4) is 0 Å². The first-order valence-corrected chi connectivity index (χ1v) is 5.05. The van der Waals surface area contributed by atoms with Crippen molar-refractivity contribution in [3.63, 3.8) is 0 Å². The Hall–Kier alpha value is -0.520. The molecule has 0 unspecified atom stereocenters. The van der Waals surface area contributed by atoms with Crippen molar-refractivity contribution in [2.75, 3.05) is 0 Å². The molecule has 1 aliphatic rings. The van der Waals surface area contributed by atoms with Crippen LogP contribution < -0.4 is 0 Å². The van der Waals surface area contributed by atoms with Crippen molar-refractivity contribution >= 4 is 0 Å². The van der Waals surface area contributed by atoms with E-state index in [9.17, 15) is 0 Å². The van der Waals surface area contributed by atoms with Crippen LogP contribution in [0.25, 0.3) is 0 Å². The fraction of sp³-hybridized carbons (Fsp3) is 0.667. The molecule has 12 heavy (non-hydrogen) atoms. The Labute approximate surface area is 76.4 Å². The lowest BCUT2D eigenvalue weighted by Gasteiger charge is -2.07. The van der Waals surface area contributed by atoms with Gasteiger partial charge in [0, 0.05) is 0 Å². The first kappa shape index (κ1) is 9.57. The largest absolute Gasteiger partial charge is 0.0840 e. The van der Waals surface area contributed by atoms with E-state index in [0.717, 1.165) is 5.92 Å². The van der Waals surface area contributed by atoms with Gasteiger partial charge in [-0.25, -0.2) is 0 Å². The van der Waals surface area contributed by atoms with Crippen LogP contribution in [-0.4, -0.2) is 0 Å². The number of rotatable bonds is 3. The Morgan fingerprint density at radius 2 is 2.25 bits per heavy atom. The van der Waals surface area contributed by atoms with Crippen LogP contribution in [-0.2, 0) is 0 Å². The number of hydrogen-bond acceptors (Lipinski definition) is 0. The van der Waals surface area contributed by atoms with Gasteiger partial charge in [-0.2, -0.15) is 0 Å². The second-order valence-corrected chi connectivity index (χ2v) is 3.94. The monoisotopic (exact) mass is 163 g/mol. The van der Waals surface area contributed by atoms with Gasteiger partial charge in [-0.1, -0.05) is 26.0 Å². The molecule has 67 valence electrons. The van der Waals surface area contributed by atoms with Crippen LogP contribution in [0.3, 0.4) is 0 Å². The van der Waals surface area contributed by atoms with Crippen LogP contribution in [0.2, 0.25) is 0 Å². The molecule has 0 heteroatoms. The third-order valence-corrected chi connectivity index (χ3v) is 2.15. The van der Waals surface area contributed by atoms with Crippen molar-refractivity contribution in [3.05, 3.63) is 23.8 Å². The molecule has 0 heterocycles. The van der Waals surface area contributed by atoms with E-state index in [1.54, 1.807) is 0 Å². The second-order valence-electron chi connectivity index (χ2n) is 3.94. The maximum Gasteiger partial charge on any atom is -0.0273 e. The molecular weight excluding hydrogens is 144 g/mol. The summed E-state index contributed by atoms with van der Waals surface area (Å²) in [5.41, 5.74) is 1.43. The lowest BCUT2D eigenvalue weighted by Crippen LogP contribution is -1.89. The molecule has 1 radical (unpaired) electrons. The molecule has 0 bridgehead atoms. The highest BCUT2D eigenvalue weighted by atomic mass is 14.0. The van der Waals surface area contributed by atoms with Gasteiger partial charge >= 0.3 is 0 Å². The van der Waals surface area contributed by atoms with Gasteiger partial charge in [-0.15, -0.1) is 0 Å². The summed E-state index contributed by atoms with van der Waals surface area (Å²) < 4.78 is 0. The average Bonchev–Trinajstić information content (AvgIpc) is 2.05. The molecule has 0 atom stereocenters. The zero-order valence-electron chi connectivity index (χ0n) is 8.27. The van der Waals surface area contributed by atoms with E-state index in [1.807, 2.05) is 0 Å². The Morgan fingerprint density at radius 3 is 2.83 bits per heavy atom. The molecule has 0 aromatic heterocycles. The Kier molecular flexibility index (Phi) is 4.13. The molecule has 0 aromatic rings. The van der Waals surface area contributed by atoms with E-state index in [1.165, 1.54) is 37.7 Å². The van der Waals surface area contributed by atoms with Gasteiger partial charge in [0.25, 0.3) is 0 Å². The molecule has 0 aliphatic heterocycles. The minimum atomic E-state index is 0.783. The zero-order chi connectivity index (χ0) is 8.81. The molecule has 0 aromatic carbocycles. The summed E-state index contributed by atoms with van der Waals surface area (Å²) in [7, 11) is 0. The fourth-order valence-electron chi connectivity index (χ4n) is 1.40. The van der Waals surface area contributed by atoms with Crippen molar-refractivity contribution < 1.29 is 0 Å². The van der Waals surface area contributed by atoms with E-state index in [4.69, 9.17) is 0 Å². The molecule has 0 fully saturated rings. The summed E-state index contributed by atoms with van der Waals surface area (Å²) in [4.78, 5) is 0. The van der Waals surface area contributed by atoms with Gasteiger partial charge in [0.1, 0.15) is 0 Å². The topological polar surface area (TPSA) is 0 Å². The highest BCUT2D eigenvalue weighted by Gasteiger charge is 1.99. The molecule has 1 aliphatic carbocycles. The van der Waals surface area contributed by atoms with Crippen LogP contribution in [0.15, 0.2) is 17.7 Å². The SMILES string of the molecule is CC(C)CC=CC1=[C]CCCC1. The lowest BCUT2D eigenvalue weighted by atomic mass is 9.98. The van der Waals surface area contributed by atoms with Crippen molar-refractivity contribution in [2.45, 2.75) is 46.0 Å². The van der Waals surface area contributed by atoms with Gasteiger partial charge in [0.05, 0.1) is 0 Å². The molecule has 0 saturated carbocycles. The molecule has 0 spiro atoms. The summed E-state index contributed by atoms with van der Waals surface area (Å²) in [5.74, 6) is 0.783. The lowest BCUT2D eigenvalue weighted by molar-refractivity contribution is 0.661. The maximum absolute atomic E-state index is 3.42.